The second-order valence-electron chi connectivity index (χ2n) is 5.96. The Morgan fingerprint density at radius 2 is 2.05 bits per heavy atom. The fraction of sp³-hybridized carbons (Fsp3) is 0.471. The molecule has 1 aromatic carbocycles. The first-order chi connectivity index (χ1) is 10.4. The molecule has 2 heterocycles. The number of nitrogens with one attached hydrogen (secondary N) is 1. The summed E-state index contributed by atoms with van der Waals surface area (Å²) >= 11 is 0. The van der Waals surface area contributed by atoms with Gasteiger partial charge in [-0.05, 0) is 18.4 Å². The molecule has 1 atom stereocenters. The largest absolute Gasteiger partial charge is 0.378 e. The summed E-state index contributed by atoms with van der Waals surface area (Å²) in [7, 11) is 0. The molecule has 1 aliphatic carbocycles. The van der Waals surface area contributed by atoms with Crippen molar-refractivity contribution < 1.29 is 4.74 Å². The van der Waals surface area contributed by atoms with Crippen molar-refractivity contribution in [3.8, 4) is 11.3 Å². The highest BCUT2D eigenvalue weighted by Crippen LogP contribution is 2.33. The second kappa shape index (κ2) is 5.62. The molecule has 4 rings (SSSR count). The Morgan fingerprint density at radius 3 is 2.81 bits per heavy atom. The molecule has 1 saturated carbocycles. The summed E-state index contributed by atoms with van der Waals surface area (Å²) in [5.74, 6) is 1.04. The maximum atomic E-state index is 5.70. The number of ether oxygens (including phenoxy) is 1. The molecule has 4 heteroatoms. The fourth-order valence-corrected chi connectivity index (χ4v) is 3.28. The van der Waals surface area contributed by atoms with Crippen LogP contribution in [0.4, 0.5) is 0 Å². The molecule has 0 unspecified atom stereocenters. The second-order valence-corrected chi connectivity index (χ2v) is 5.96. The number of hydrogen-bond donors (Lipinski definition) is 1. The number of morpholine rings is 1. The molecule has 0 radical (unpaired) electrons. The predicted octanol–water partition coefficient (Wildman–Crippen LogP) is 3.00. The zero-order chi connectivity index (χ0) is 14.1. The lowest BCUT2D eigenvalue weighted by Crippen LogP contribution is -2.48. The molecular formula is C17H21N3O. The van der Waals surface area contributed by atoms with Crippen LogP contribution in [-0.2, 0) is 4.74 Å². The Labute approximate surface area is 125 Å². The van der Waals surface area contributed by atoms with Crippen LogP contribution in [0, 0.1) is 0 Å². The number of aromatic nitrogens is 2. The lowest BCUT2D eigenvalue weighted by Gasteiger charge is -2.44. The van der Waals surface area contributed by atoms with E-state index in [0.717, 1.165) is 37.3 Å². The Bertz CT molecular complexity index is 591. The van der Waals surface area contributed by atoms with Crippen LogP contribution in [0.25, 0.3) is 11.3 Å². The smallest absolute Gasteiger partial charge is 0.126 e. The number of imidazole rings is 1. The summed E-state index contributed by atoms with van der Waals surface area (Å²) < 4.78 is 5.70. The minimum Gasteiger partial charge on any atom is -0.378 e. The summed E-state index contributed by atoms with van der Waals surface area (Å²) in [4.78, 5) is 10.7. The fourth-order valence-electron chi connectivity index (χ4n) is 3.28. The molecule has 110 valence electrons. The summed E-state index contributed by atoms with van der Waals surface area (Å²) in [6.07, 6.45) is 5.95. The average Bonchev–Trinajstić information content (AvgIpc) is 2.97. The zero-order valence-corrected chi connectivity index (χ0v) is 12.2. The van der Waals surface area contributed by atoms with E-state index in [2.05, 4.69) is 39.1 Å². The van der Waals surface area contributed by atoms with Crippen molar-refractivity contribution in [3.63, 3.8) is 0 Å². The van der Waals surface area contributed by atoms with Gasteiger partial charge in [0, 0.05) is 12.6 Å². The first-order valence-corrected chi connectivity index (χ1v) is 7.85. The van der Waals surface area contributed by atoms with E-state index in [1.165, 1.54) is 24.8 Å². The van der Waals surface area contributed by atoms with Crippen molar-refractivity contribution in [2.75, 3.05) is 19.8 Å². The normalized spacial score (nSPS) is 23.9. The van der Waals surface area contributed by atoms with Crippen LogP contribution in [0.15, 0.2) is 36.5 Å². The van der Waals surface area contributed by atoms with Gasteiger partial charge in [0.1, 0.15) is 5.82 Å². The molecule has 21 heavy (non-hydrogen) atoms. The Balaban J connectivity index is 1.58. The number of hydrogen-bond acceptors (Lipinski definition) is 3. The average molecular weight is 283 g/mol. The van der Waals surface area contributed by atoms with E-state index in [1.807, 2.05) is 12.3 Å². The van der Waals surface area contributed by atoms with Gasteiger partial charge in [-0.15, -0.1) is 0 Å². The quantitative estimate of drug-likeness (QED) is 0.941. The number of nitrogens with zero attached hydrogens (tertiary/aromatic N) is 2. The van der Waals surface area contributed by atoms with Gasteiger partial charge in [0.15, 0.2) is 0 Å². The molecule has 1 aromatic heterocycles. The van der Waals surface area contributed by atoms with Crippen molar-refractivity contribution in [3.05, 3.63) is 42.4 Å². The molecule has 1 N–H and O–H groups in total. The first-order valence-electron chi connectivity index (χ1n) is 7.85. The molecule has 1 aliphatic heterocycles. The molecule has 0 amide bonds. The Morgan fingerprint density at radius 1 is 1.19 bits per heavy atom. The van der Waals surface area contributed by atoms with Crippen molar-refractivity contribution >= 4 is 0 Å². The highest BCUT2D eigenvalue weighted by Gasteiger charge is 2.34. The summed E-state index contributed by atoms with van der Waals surface area (Å²) in [6, 6.07) is 11.4. The van der Waals surface area contributed by atoms with Gasteiger partial charge in [0.2, 0.25) is 0 Å². The van der Waals surface area contributed by atoms with Crippen molar-refractivity contribution in [1.29, 1.82) is 0 Å². The van der Waals surface area contributed by atoms with E-state index in [0.29, 0.717) is 0 Å². The lowest BCUT2D eigenvalue weighted by atomic mass is 9.90. The summed E-state index contributed by atoms with van der Waals surface area (Å²) in [5, 5.41) is 0. The van der Waals surface area contributed by atoms with Gasteiger partial charge in [0.25, 0.3) is 0 Å². The van der Waals surface area contributed by atoms with E-state index in [4.69, 9.17) is 4.74 Å². The highest BCUT2D eigenvalue weighted by atomic mass is 16.5. The standard InChI is InChI=1S/C17H21N3O/c1-2-5-13(6-3-1)15-11-18-17(19-15)16-12-21-10-9-20(16)14-7-4-8-14/h1-3,5-6,11,14,16H,4,7-10,12H2,(H,18,19)/t16-/m0/s1. The topological polar surface area (TPSA) is 41.1 Å². The van der Waals surface area contributed by atoms with Gasteiger partial charge in [-0.3, -0.25) is 4.90 Å². The third kappa shape index (κ3) is 2.49. The predicted molar refractivity (Wildman–Crippen MR) is 81.9 cm³/mol. The summed E-state index contributed by atoms with van der Waals surface area (Å²) in [6.45, 7) is 2.62. The van der Waals surface area contributed by atoms with Gasteiger partial charge >= 0.3 is 0 Å². The molecule has 2 aromatic rings. The molecule has 0 bridgehead atoms. The molecule has 1 saturated heterocycles. The molecule has 0 spiro atoms. The van der Waals surface area contributed by atoms with Crippen LogP contribution in [0.1, 0.15) is 31.1 Å². The number of benzene rings is 1. The highest BCUT2D eigenvalue weighted by molar-refractivity contribution is 5.58. The van der Waals surface area contributed by atoms with Gasteiger partial charge in [0.05, 0.1) is 31.1 Å². The van der Waals surface area contributed by atoms with E-state index < -0.39 is 0 Å². The first kappa shape index (κ1) is 13.0. The third-order valence-corrected chi connectivity index (χ3v) is 4.71. The van der Waals surface area contributed by atoms with E-state index in [1.54, 1.807) is 0 Å². The van der Waals surface area contributed by atoms with E-state index in [9.17, 15) is 0 Å². The number of aromatic amines is 1. The molecule has 2 aliphatic rings. The Hall–Kier alpha value is -1.65. The zero-order valence-electron chi connectivity index (χ0n) is 12.2. The van der Waals surface area contributed by atoms with E-state index in [-0.39, 0.29) is 6.04 Å². The third-order valence-electron chi connectivity index (χ3n) is 4.71. The van der Waals surface area contributed by atoms with Crippen LogP contribution in [0.2, 0.25) is 0 Å². The monoisotopic (exact) mass is 283 g/mol. The minimum atomic E-state index is 0.279. The summed E-state index contributed by atoms with van der Waals surface area (Å²) in [5.41, 5.74) is 2.27. The maximum absolute atomic E-state index is 5.70. The number of rotatable bonds is 3. The van der Waals surface area contributed by atoms with Gasteiger partial charge < -0.3 is 9.72 Å². The maximum Gasteiger partial charge on any atom is 0.126 e. The van der Waals surface area contributed by atoms with Crippen LogP contribution in [-0.4, -0.2) is 40.7 Å². The molecule has 4 nitrogen and oxygen atoms in total. The SMILES string of the molecule is c1ccc(-c2cnc([C@@H]3COCCN3C3CCC3)[nH]2)cc1. The van der Waals surface area contributed by atoms with Crippen LogP contribution in [0.5, 0.6) is 0 Å². The van der Waals surface area contributed by atoms with Gasteiger partial charge in [-0.25, -0.2) is 4.98 Å². The van der Waals surface area contributed by atoms with Crippen molar-refractivity contribution in [2.24, 2.45) is 0 Å². The Kier molecular flexibility index (Phi) is 3.49. The minimum absolute atomic E-state index is 0.279. The van der Waals surface area contributed by atoms with Crippen LogP contribution < -0.4 is 0 Å². The molecular weight excluding hydrogens is 262 g/mol. The molecule has 2 fully saturated rings. The van der Waals surface area contributed by atoms with Crippen molar-refractivity contribution in [1.82, 2.24) is 14.9 Å². The van der Waals surface area contributed by atoms with Crippen molar-refractivity contribution in [2.45, 2.75) is 31.3 Å². The van der Waals surface area contributed by atoms with Gasteiger partial charge in [-0.1, -0.05) is 36.8 Å². The van der Waals surface area contributed by atoms with Crippen LogP contribution >= 0.6 is 0 Å². The lowest BCUT2D eigenvalue weighted by molar-refractivity contribution is -0.0494. The van der Waals surface area contributed by atoms with Gasteiger partial charge in [-0.2, -0.15) is 0 Å². The van der Waals surface area contributed by atoms with Crippen LogP contribution in [0.3, 0.4) is 0 Å². The number of H-pyrrole nitrogens is 1. The van der Waals surface area contributed by atoms with E-state index >= 15 is 0 Å².